The summed E-state index contributed by atoms with van der Waals surface area (Å²) in [5.74, 6) is -0.580. The Morgan fingerprint density at radius 1 is 1.03 bits per heavy atom. The lowest BCUT2D eigenvalue weighted by Crippen LogP contribution is -2.50. The van der Waals surface area contributed by atoms with E-state index in [1.807, 2.05) is 0 Å². The van der Waals surface area contributed by atoms with E-state index in [0.717, 1.165) is 5.01 Å². The lowest BCUT2D eigenvalue weighted by Gasteiger charge is -2.27. The second-order valence-electron chi connectivity index (χ2n) is 7.21. The minimum atomic E-state index is -1.06. The molecule has 32 heavy (non-hydrogen) atoms. The Labute approximate surface area is 183 Å². The van der Waals surface area contributed by atoms with Gasteiger partial charge >= 0.3 is 5.97 Å². The van der Waals surface area contributed by atoms with E-state index in [2.05, 4.69) is 10.7 Å². The SMILES string of the molecule is CC(OC(=O)c1ccc(N2NC(=O)CCC2=O)cc1)C(=O)Nc1ccc2c(c1)OCCO2. The highest BCUT2D eigenvalue weighted by Gasteiger charge is 2.25. The Morgan fingerprint density at radius 3 is 2.50 bits per heavy atom. The number of benzene rings is 2. The summed E-state index contributed by atoms with van der Waals surface area (Å²) in [5.41, 5.74) is 3.58. The fourth-order valence-electron chi connectivity index (χ4n) is 3.18. The number of nitrogens with zero attached hydrogens (tertiary/aromatic N) is 1. The van der Waals surface area contributed by atoms with Gasteiger partial charge in [-0.1, -0.05) is 0 Å². The van der Waals surface area contributed by atoms with Crippen LogP contribution in [-0.2, 0) is 19.1 Å². The van der Waals surface area contributed by atoms with Gasteiger partial charge in [-0.15, -0.1) is 0 Å². The first kappa shape index (κ1) is 21.2. The molecular weight excluding hydrogens is 418 g/mol. The van der Waals surface area contributed by atoms with Crippen molar-refractivity contribution >= 4 is 35.1 Å². The summed E-state index contributed by atoms with van der Waals surface area (Å²) in [7, 11) is 0. The first-order valence-corrected chi connectivity index (χ1v) is 10.0. The van der Waals surface area contributed by atoms with E-state index in [1.54, 1.807) is 18.2 Å². The monoisotopic (exact) mass is 439 g/mol. The lowest BCUT2D eigenvalue weighted by atomic mass is 10.1. The minimum absolute atomic E-state index is 0.117. The Morgan fingerprint density at radius 2 is 1.75 bits per heavy atom. The molecule has 10 heteroatoms. The van der Waals surface area contributed by atoms with Crippen LogP contribution in [0.3, 0.4) is 0 Å². The predicted octanol–water partition coefficient (Wildman–Crippen LogP) is 1.80. The molecule has 1 atom stereocenters. The summed E-state index contributed by atoms with van der Waals surface area (Å²) in [6.07, 6.45) is -0.796. The minimum Gasteiger partial charge on any atom is -0.486 e. The molecule has 1 saturated heterocycles. The van der Waals surface area contributed by atoms with Gasteiger partial charge in [0.25, 0.3) is 5.91 Å². The van der Waals surface area contributed by atoms with Crippen molar-refractivity contribution in [2.24, 2.45) is 0 Å². The summed E-state index contributed by atoms with van der Waals surface area (Å²) < 4.78 is 16.2. The molecule has 2 aliphatic rings. The molecule has 2 aromatic carbocycles. The summed E-state index contributed by atoms with van der Waals surface area (Å²) >= 11 is 0. The highest BCUT2D eigenvalue weighted by atomic mass is 16.6. The highest BCUT2D eigenvalue weighted by Crippen LogP contribution is 2.32. The number of hydrazine groups is 1. The van der Waals surface area contributed by atoms with Crippen molar-refractivity contribution in [3.8, 4) is 11.5 Å². The van der Waals surface area contributed by atoms with Crippen molar-refractivity contribution in [2.75, 3.05) is 23.5 Å². The third-order valence-electron chi connectivity index (χ3n) is 4.88. The largest absolute Gasteiger partial charge is 0.486 e. The zero-order valence-electron chi connectivity index (χ0n) is 17.3. The molecule has 0 aliphatic carbocycles. The number of anilines is 2. The van der Waals surface area contributed by atoms with Crippen molar-refractivity contribution < 1.29 is 33.4 Å². The third-order valence-corrected chi connectivity index (χ3v) is 4.88. The van der Waals surface area contributed by atoms with Crippen LogP contribution < -0.4 is 25.2 Å². The van der Waals surface area contributed by atoms with E-state index >= 15 is 0 Å². The molecule has 166 valence electrons. The van der Waals surface area contributed by atoms with Gasteiger partial charge < -0.3 is 19.5 Å². The molecule has 2 heterocycles. The van der Waals surface area contributed by atoms with Crippen LogP contribution in [0.1, 0.15) is 30.1 Å². The van der Waals surface area contributed by atoms with E-state index in [9.17, 15) is 19.2 Å². The summed E-state index contributed by atoms with van der Waals surface area (Å²) in [6.45, 7) is 2.35. The number of ether oxygens (including phenoxy) is 3. The van der Waals surface area contributed by atoms with Crippen LogP contribution in [0.5, 0.6) is 11.5 Å². The van der Waals surface area contributed by atoms with Gasteiger partial charge in [0.1, 0.15) is 13.2 Å². The lowest BCUT2D eigenvalue weighted by molar-refractivity contribution is -0.130. The van der Waals surface area contributed by atoms with Gasteiger partial charge in [0.2, 0.25) is 11.8 Å². The van der Waals surface area contributed by atoms with E-state index in [4.69, 9.17) is 14.2 Å². The Balaban J connectivity index is 1.35. The zero-order valence-corrected chi connectivity index (χ0v) is 17.3. The van der Waals surface area contributed by atoms with Crippen LogP contribution >= 0.6 is 0 Å². The molecule has 4 rings (SSSR count). The first-order chi connectivity index (χ1) is 15.4. The van der Waals surface area contributed by atoms with Crippen LogP contribution in [0.15, 0.2) is 42.5 Å². The molecule has 0 bridgehead atoms. The standard InChI is InChI=1S/C22H21N3O7/c1-13(21(28)23-15-4-7-17-18(12-15)31-11-10-30-17)32-22(29)14-2-5-16(6-3-14)25-20(27)9-8-19(26)24-25/h2-7,12-13H,8-11H2,1H3,(H,23,28)(H,24,26). The summed E-state index contributed by atoms with van der Waals surface area (Å²) in [5, 5.41) is 3.82. The maximum absolute atomic E-state index is 12.4. The van der Waals surface area contributed by atoms with Gasteiger partial charge in [-0.2, -0.15) is 0 Å². The van der Waals surface area contributed by atoms with Crippen LogP contribution in [0.25, 0.3) is 0 Å². The summed E-state index contributed by atoms with van der Waals surface area (Å²) in [6, 6.07) is 10.9. The number of nitrogens with one attached hydrogen (secondary N) is 2. The molecule has 0 aromatic heterocycles. The molecule has 0 saturated carbocycles. The molecule has 3 amide bonds. The molecule has 10 nitrogen and oxygen atoms in total. The maximum atomic E-state index is 12.4. The number of fused-ring (bicyclic) bond motifs is 1. The number of amides is 3. The zero-order chi connectivity index (χ0) is 22.7. The molecule has 0 radical (unpaired) electrons. The Kier molecular flexibility index (Phi) is 5.93. The number of carbonyl (C=O) groups is 4. The molecule has 0 spiro atoms. The van der Waals surface area contributed by atoms with Gasteiger partial charge in [0.05, 0.1) is 11.3 Å². The normalized spacial score (nSPS) is 16.1. The van der Waals surface area contributed by atoms with Crippen molar-refractivity contribution in [1.82, 2.24) is 5.43 Å². The second-order valence-corrected chi connectivity index (χ2v) is 7.21. The number of carbonyl (C=O) groups excluding carboxylic acids is 4. The molecule has 1 unspecified atom stereocenters. The van der Waals surface area contributed by atoms with Gasteiger partial charge in [-0.05, 0) is 43.3 Å². The van der Waals surface area contributed by atoms with E-state index in [0.29, 0.717) is 36.1 Å². The third kappa shape index (κ3) is 4.64. The highest BCUT2D eigenvalue weighted by molar-refractivity contribution is 6.02. The molecule has 2 aliphatic heterocycles. The molecule has 1 fully saturated rings. The Hall–Kier alpha value is -4.08. The Bertz CT molecular complexity index is 1070. The smallest absolute Gasteiger partial charge is 0.338 e. The van der Waals surface area contributed by atoms with Crippen molar-refractivity contribution in [2.45, 2.75) is 25.9 Å². The van der Waals surface area contributed by atoms with Crippen LogP contribution in [-0.4, -0.2) is 43.0 Å². The molecular formula is C22H21N3O7. The fraction of sp³-hybridized carbons (Fsp3) is 0.273. The van der Waals surface area contributed by atoms with Crippen LogP contribution in [0.4, 0.5) is 11.4 Å². The topological polar surface area (TPSA) is 123 Å². The van der Waals surface area contributed by atoms with Crippen molar-refractivity contribution in [3.05, 3.63) is 48.0 Å². The number of hydrogen-bond acceptors (Lipinski definition) is 7. The van der Waals surface area contributed by atoms with E-state index < -0.39 is 18.0 Å². The number of esters is 1. The number of hydrogen-bond donors (Lipinski definition) is 2. The van der Waals surface area contributed by atoms with Gasteiger partial charge in [-0.25, -0.2) is 9.80 Å². The average Bonchev–Trinajstić information content (AvgIpc) is 2.80. The van der Waals surface area contributed by atoms with Crippen molar-refractivity contribution in [1.29, 1.82) is 0 Å². The van der Waals surface area contributed by atoms with E-state index in [-0.39, 0.29) is 30.2 Å². The first-order valence-electron chi connectivity index (χ1n) is 10.0. The predicted molar refractivity (Wildman–Crippen MR) is 112 cm³/mol. The van der Waals surface area contributed by atoms with Gasteiger partial charge in [-0.3, -0.25) is 19.8 Å². The van der Waals surface area contributed by atoms with Gasteiger partial charge in [0, 0.05) is 24.6 Å². The quantitative estimate of drug-likeness (QED) is 0.681. The van der Waals surface area contributed by atoms with E-state index in [1.165, 1.54) is 31.2 Å². The van der Waals surface area contributed by atoms with Crippen LogP contribution in [0, 0.1) is 0 Å². The molecule has 2 N–H and O–H groups in total. The van der Waals surface area contributed by atoms with Crippen molar-refractivity contribution in [3.63, 3.8) is 0 Å². The fourth-order valence-corrected chi connectivity index (χ4v) is 3.18. The van der Waals surface area contributed by atoms with Gasteiger partial charge in [0.15, 0.2) is 17.6 Å². The molecule has 2 aromatic rings. The second kappa shape index (κ2) is 8.96. The average molecular weight is 439 g/mol. The maximum Gasteiger partial charge on any atom is 0.338 e. The van der Waals surface area contributed by atoms with Crippen LogP contribution in [0.2, 0.25) is 0 Å². The number of rotatable bonds is 5. The summed E-state index contributed by atoms with van der Waals surface area (Å²) in [4.78, 5) is 48.3.